The van der Waals surface area contributed by atoms with Gasteiger partial charge in [-0.3, -0.25) is 10.1 Å². The average molecular weight is 331 g/mol. The second-order valence-electron chi connectivity index (χ2n) is 2.87. The standard InChI is InChI=1S/C8H5F3INO2/c1-4-2-5(12)3-6(8(9,10)11)7(4)13(14)15/h2-3H,1H3. The van der Waals surface area contributed by atoms with E-state index in [9.17, 15) is 23.3 Å². The first kappa shape index (κ1) is 12.2. The van der Waals surface area contributed by atoms with Gasteiger partial charge in [-0.05, 0) is 41.6 Å². The minimum Gasteiger partial charge on any atom is -0.258 e. The number of hydrogen-bond acceptors (Lipinski definition) is 2. The molecule has 0 heterocycles. The maximum absolute atomic E-state index is 12.5. The maximum atomic E-state index is 12.5. The van der Waals surface area contributed by atoms with Gasteiger partial charge in [0.2, 0.25) is 0 Å². The lowest BCUT2D eigenvalue weighted by Crippen LogP contribution is -2.10. The molecular formula is C8H5F3INO2. The quantitative estimate of drug-likeness (QED) is 0.449. The van der Waals surface area contributed by atoms with Crippen molar-refractivity contribution >= 4 is 28.3 Å². The lowest BCUT2D eigenvalue weighted by molar-refractivity contribution is -0.388. The van der Waals surface area contributed by atoms with Crippen molar-refractivity contribution in [3.63, 3.8) is 0 Å². The third-order valence-electron chi connectivity index (χ3n) is 1.75. The molecule has 0 aliphatic heterocycles. The first-order valence-electron chi connectivity index (χ1n) is 3.75. The fourth-order valence-electron chi connectivity index (χ4n) is 1.19. The van der Waals surface area contributed by atoms with Crippen molar-refractivity contribution in [1.29, 1.82) is 0 Å². The van der Waals surface area contributed by atoms with Crippen LogP contribution in [0.1, 0.15) is 11.1 Å². The number of hydrogen-bond donors (Lipinski definition) is 0. The molecule has 1 rings (SSSR count). The van der Waals surface area contributed by atoms with E-state index in [4.69, 9.17) is 0 Å². The van der Waals surface area contributed by atoms with Crippen LogP contribution in [0.3, 0.4) is 0 Å². The van der Waals surface area contributed by atoms with Gasteiger partial charge in [-0.2, -0.15) is 13.2 Å². The Balaban J connectivity index is 3.54. The first-order valence-corrected chi connectivity index (χ1v) is 4.83. The van der Waals surface area contributed by atoms with Gasteiger partial charge in [0.05, 0.1) is 4.92 Å². The molecule has 7 heteroatoms. The van der Waals surface area contributed by atoms with E-state index >= 15 is 0 Å². The zero-order valence-electron chi connectivity index (χ0n) is 7.43. The molecular weight excluding hydrogens is 326 g/mol. The van der Waals surface area contributed by atoms with Crippen LogP contribution in [0.2, 0.25) is 0 Å². The zero-order valence-corrected chi connectivity index (χ0v) is 9.59. The summed E-state index contributed by atoms with van der Waals surface area (Å²) in [4.78, 5) is 9.50. The van der Waals surface area contributed by atoms with Crippen LogP contribution in [0.25, 0.3) is 0 Å². The molecule has 82 valence electrons. The Morgan fingerprint density at radius 3 is 2.33 bits per heavy atom. The van der Waals surface area contributed by atoms with Crippen molar-refractivity contribution in [3.8, 4) is 0 Å². The molecule has 15 heavy (non-hydrogen) atoms. The summed E-state index contributed by atoms with van der Waals surface area (Å²) >= 11 is 1.69. The molecule has 0 aromatic heterocycles. The summed E-state index contributed by atoms with van der Waals surface area (Å²) in [5.74, 6) is 0. The monoisotopic (exact) mass is 331 g/mol. The fourth-order valence-corrected chi connectivity index (χ4v) is 1.97. The van der Waals surface area contributed by atoms with E-state index in [1.807, 2.05) is 0 Å². The molecule has 0 unspecified atom stereocenters. The van der Waals surface area contributed by atoms with Crippen LogP contribution in [0.15, 0.2) is 12.1 Å². The van der Waals surface area contributed by atoms with E-state index in [-0.39, 0.29) is 5.56 Å². The fraction of sp³-hybridized carbons (Fsp3) is 0.250. The largest absolute Gasteiger partial charge is 0.423 e. The average Bonchev–Trinajstić information content (AvgIpc) is 1.99. The summed E-state index contributed by atoms with van der Waals surface area (Å²) < 4.78 is 37.7. The molecule has 0 fully saturated rings. The van der Waals surface area contributed by atoms with Crippen molar-refractivity contribution in [2.24, 2.45) is 0 Å². The zero-order chi connectivity index (χ0) is 11.8. The molecule has 0 spiro atoms. The molecule has 0 atom stereocenters. The molecule has 0 aliphatic rings. The van der Waals surface area contributed by atoms with Crippen molar-refractivity contribution in [2.75, 3.05) is 0 Å². The highest BCUT2D eigenvalue weighted by molar-refractivity contribution is 14.1. The first-order chi connectivity index (χ1) is 6.73. The molecule has 0 N–H and O–H groups in total. The molecule has 0 aliphatic carbocycles. The van der Waals surface area contributed by atoms with Crippen LogP contribution in [0.4, 0.5) is 18.9 Å². The van der Waals surface area contributed by atoms with Crippen molar-refractivity contribution in [3.05, 3.63) is 36.9 Å². The molecule has 1 aromatic carbocycles. The Kier molecular flexibility index (Phi) is 3.22. The number of halogens is 4. The second kappa shape index (κ2) is 3.95. The van der Waals surface area contributed by atoms with Crippen LogP contribution < -0.4 is 0 Å². The Bertz CT molecular complexity index is 417. The number of nitro benzene ring substituents is 1. The SMILES string of the molecule is Cc1cc(I)cc(C(F)(F)F)c1[N+](=O)[O-]. The van der Waals surface area contributed by atoms with E-state index in [0.717, 1.165) is 6.07 Å². The highest BCUT2D eigenvalue weighted by atomic mass is 127. The van der Waals surface area contributed by atoms with Gasteiger partial charge in [-0.25, -0.2) is 0 Å². The van der Waals surface area contributed by atoms with Gasteiger partial charge in [0.25, 0.3) is 5.69 Å². The van der Waals surface area contributed by atoms with E-state index in [1.54, 1.807) is 22.6 Å². The molecule has 0 amide bonds. The molecule has 1 aromatic rings. The molecule has 3 nitrogen and oxygen atoms in total. The molecule has 0 radical (unpaired) electrons. The minimum atomic E-state index is -4.70. The summed E-state index contributed by atoms with van der Waals surface area (Å²) in [6.45, 7) is 1.29. The third-order valence-corrected chi connectivity index (χ3v) is 2.38. The van der Waals surface area contributed by atoms with Crippen molar-refractivity contribution < 1.29 is 18.1 Å². The highest BCUT2D eigenvalue weighted by Gasteiger charge is 2.39. The summed E-state index contributed by atoms with van der Waals surface area (Å²) in [6, 6.07) is 2.11. The van der Waals surface area contributed by atoms with Crippen molar-refractivity contribution in [1.82, 2.24) is 0 Å². The Morgan fingerprint density at radius 2 is 1.93 bits per heavy atom. The summed E-state index contributed by atoms with van der Waals surface area (Å²) in [5, 5.41) is 10.5. The Morgan fingerprint density at radius 1 is 1.40 bits per heavy atom. The van der Waals surface area contributed by atoms with E-state index in [0.29, 0.717) is 3.57 Å². The van der Waals surface area contributed by atoms with Crippen LogP contribution in [0.5, 0.6) is 0 Å². The summed E-state index contributed by atoms with van der Waals surface area (Å²) in [6.07, 6.45) is -4.70. The number of rotatable bonds is 1. The Hall–Kier alpha value is -0.860. The second-order valence-corrected chi connectivity index (χ2v) is 4.12. The van der Waals surface area contributed by atoms with Gasteiger partial charge in [0, 0.05) is 9.13 Å². The molecule has 0 saturated carbocycles. The van der Waals surface area contributed by atoms with Crippen LogP contribution in [-0.2, 0) is 6.18 Å². The number of benzene rings is 1. The van der Waals surface area contributed by atoms with Gasteiger partial charge in [0.1, 0.15) is 5.56 Å². The molecule has 0 bridgehead atoms. The normalized spacial score (nSPS) is 11.5. The van der Waals surface area contributed by atoms with E-state index in [1.165, 1.54) is 13.0 Å². The third kappa shape index (κ3) is 2.58. The topological polar surface area (TPSA) is 43.1 Å². The van der Waals surface area contributed by atoms with E-state index < -0.39 is 22.4 Å². The van der Waals surface area contributed by atoms with E-state index in [2.05, 4.69) is 0 Å². The maximum Gasteiger partial charge on any atom is 0.423 e. The molecule has 0 saturated heterocycles. The number of nitro groups is 1. The predicted molar refractivity (Wildman–Crippen MR) is 55.6 cm³/mol. The minimum absolute atomic E-state index is 0.0132. The van der Waals surface area contributed by atoms with Crippen LogP contribution in [0, 0.1) is 20.6 Å². The van der Waals surface area contributed by atoms with Crippen molar-refractivity contribution in [2.45, 2.75) is 13.1 Å². The van der Waals surface area contributed by atoms with Gasteiger partial charge >= 0.3 is 6.18 Å². The number of aryl methyl sites for hydroxylation is 1. The predicted octanol–water partition coefficient (Wildman–Crippen LogP) is 3.53. The Labute approximate surface area is 96.6 Å². The highest BCUT2D eigenvalue weighted by Crippen LogP contribution is 2.38. The van der Waals surface area contributed by atoms with Gasteiger partial charge in [-0.1, -0.05) is 0 Å². The van der Waals surface area contributed by atoms with Gasteiger partial charge < -0.3 is 0 Å². The number of alkyl halides is 3. The van der Waals surface area contributed by atoms with Gasteiger partial charge in [0.15, 0.2) is 0 Å². The van der Waals surface area contributed by atoms with Crippen LogP contribution in [-0.4, -0.2) is 4.92 Å². The smallest absolute Gasteiger partial charge is 0.258 e. The lowest BCUT2D eigenvalue weighted by Gasteiger charge is -2.09. The number of nitrogens with zero attached hydrogens (tertiary/aromatic N) is 1. The van der Waals surface area contributed by atoms with Gasteiger partial charge in [-0.15, -0.1) is 0 Å². The summed E-state index contributed by atoms with van der Waals surface area (Å²) in [5.41, 5.74) is -2.06. The summed E-state index contributed by atoms with van der Waals surface area (Å²) in [7, 11) is 0. The lowest BCUT2D eigenvalue weighted by atomic mass is 10.1. The van der Waals surface area contributed by atoms with Crippen LogP contribution >= 0.6 is 22.6 Å².